The first-order valence-electron chi connectivity index (χ1n) is 8.57. The molecule has 3 rings (SSSR count). The molecule has 1 aromatic rings. The van der Waals surface area contributed by atoms with Crippen molar-refractivity contribution < 1.29 is 9.59 Å². The molecule has 2 heterocycles. The fourth-order valence-electron chi connectivity index (χ4n) is 3.45. The summed E-state index contributed by atoms with van der Waals surface area (Å²) in [6.45, 7) is 5.32. The van der Waals surface area contributed by atoms with Gasteiger partial charge in [-0.3, -0.25) is 9.59 Å². The van der Waals surface area contributed by atoms with Crippen LogP contribution in [0.15, 0.2) is 18.2 Å². The van der Waals surface area contributed by atoms with Crippen LogP contribution in [-0.4, -0.2) is 42.9 Å². The van der Waals surface area contributed by atoms with Crippen molar-refractivity contribution >= 4 is 17.5 Å². The first-order valence-corrected chi connectivity index (χ1v) is 8.57. The summed E-state index contributed by atoms with van der Waals surface area (Å²) in [5.74, 6) is 0.111. The number of likely N-dealkylation sites (tertiary alicyclic amines) is 1. The fraction of sp³-hybridized carbons (Fsp3) is 0.556. The van der Waals surface area contributed by atoms with Crippen molar-refractivity contribution in [2.45, 2.75) is 32.6 Å². The van der Waals surface area contributed by atoms with Gasteiger partial charge >= 0.3 is 0 Å². The number of amides is 2. The molecule has 5 nitrogen and oxygen atoms in total. The molecule has 2 aliphatic rings. The number of hydrogen-bond donors (Lipinski definition) is 2. The van der Waals surface area contributed by atoms with Crippen molar-refractivity contribution in [1.82, 2.24) is 10.2 Å². The smallest absolute Gasteiger partial charge is 0.256 e. The van der Waals surface area contributed by atoms with Gasteiger partial charge in [0, 0.05) is 19.0 Å². The number of nitrogens with zero attached hydrogens (tertiary/aromatic N) is 1. The van der Waals surface area contributed by atoms with E-state index in [1.807, 2.05) is 30.0 Å². The SMILES string of the molecule is Cc1cccc(NC(=O)C2CCNCC2)c1C(=O)N1CCCC1. The molecule has 2 aliphatic heterocycles. The van der Waals surface area contributed by atoms with Crippen LogP contribution in [0.3, 0.4) is 0 Å². The zero-order chi connectivity index (χ0) is 16.2. The van der Waals surface area contributed by atoms with Crippen LogP contribution < -0.4 is 10.6 Å². The molecule has 0 aromatic heterocycles. The van der Waals surface area contributed by atoms with E-state index in [0.717, 1.165) is 57.4 Å². The van der Waals surface area contributed by atoms with Crippen LogP contribution in [0, 0.1) is 12.8 Å². The molecule has 2 saturated heterocycles. The minimum atomic E-state index is 0.0338. The van der Waals surface area contributed by atoms with Gasteiger partial charge in [-0.05, 0) is 57.3 Å². The van der Waals surface area contributed by atoms with Crippen molar-refractivity contribution in [3.05, 3.63) is 29.3 Å². The largest absolute Gasteiger partial charge is 0.339 e. The van der Waals surface area contributed by atoms with Gasteiger partial charge in [-0.1, -0.05) is 12.1 Å². The van der Waals surface area contributed by atoms with Crippen LogP contribution in [0.2, 0.25) is 0 Å². The molecule has 0 unspecified atom stereocenters. The molecule has 2 amide bonds. The summed E-state index contributed by atoms with van der Waals surface area (Å²) in [7, 11) is 0. The normalized spacial score (nSPS) is 18.9. The number of carbonyl (C=O) groups excluding carboxylic acids is 2. The van der Waals surface area contributed by atoms with Crippen LogP contribution >= 0.6 is 0 Å². The van der Waals surface area contributed by atoms with E-state index in [0.29, 0.717) is 11.3 Å². The lowest BCUT2D eigenvalue weighted by Gasteiger charge is -2.24. The highest BCUT2D eigenvalue weighted by Gasteiger charge is 2.26. The summed E-state index contributed by atoms with van der Waals surface area (Å²) in [4.78, 5) is 27.2. The number of aryl methyl sites for hydroxylation is 1. The number of anilines is 1. The number of carbonyl (C=O) groups is 2. The van der Waals surface area contributed by atoms with Crippen LogP contribution in [0.4, 0.5) is 5.69 Å². The van der Waals surface area contributed by atoms with Crippen molar-refractivity contribution in [3.8, 4) is 0 Å². The lowest BCUT2D eigenvalue weighted by Crippen LogP contribution is -2.35. The summed E-state index contributed by atoms with van der Waals surface area (Å²) < 4.78 is 0. The monoisotopic (exact) mass is 315 g/mol. The Balaban J connectivity index is 1.79. The molecule has 5 heteroatoms. The minimum absolute atomic E-state index is 0.0338. The molecule has 1 aromatic carbocycles. The minimum Gasteiger partial charge on any atom is -0.339 e. The molecule has 0 atom stereocenters. The van der Waals surface area contributed by atoms with Crippen LogP contribution in [0.25, 0.3) is 0 Å². The average Bonchev–Trinajstić information content (AvgIpc) is 3.10. The summed E-state index contributed by atoms with van der Waals surface area (Å²) in [6.07, 6.45) is 3.84. The molecule has 2 fully saturated rings. The van der Waals surface area contributed by atoms with Gasteiger partial charge in [0.15, 0.2) is 0 Å². The van der Waals surface area contributed by atoms with Gasteiger partial charge in [0.1, 0.15) is 0 Å². The molecule has 0 spiro atoms. The predicted molar refractivity (Wildman–Crippen MR) is 90.5 cm³/mol. The van der Waals surface area contributed by atoms with Crippen molar-refractivity contribution in [3.63, 3.8) is 0 Å². The second kappa shape index (κ2) is 7.13. The molecule has 2 N–H and O–H groups in total. The van der Waals surface area contributed by atoms with E-state index in [-0.39, 0.29) is 17.7 Å². The molecule has 0 radical (unpaired) electrons. The number of nitrogens with one attached hydrogen (secondary N) is 2. The molecular formula is C18H25N3O2. The summed E-state index contributed by atoms with van der Waals surface area (Å²) >= 11 is 0. The quantitative estimate of drug-likeness (QED) is 0.898. The maximum Gasteiger partial charge on any atom is 0.256 e. The Morgan fingerprint density at radius 2 is 1.87 bits per heavy atom. The lowest BCUT2D eigenvalue weighted by molar-refractivity contribution is -0.120. The highest BCUT2D eigenvalue weighted by Crippen LogP contribution is 2.25. The van der Waals surface area contributed by atoms with Crippen LogP contribution in [0.5, 0.6) is 0 Å². The maximum absolute atomic E-state index is 12.8. The zero-order valence-electron chi connectivity index (χ0n) is 13.7. The maximum atomic E-state index is 12.8. The third-order valence-corrected chi connectivity index (χ3v) is 4.85. The Kier molecular flexibility index (Phi) is 4.96. The highest BCUT2D eigenvalue weighted by atomic mass is 16.2. The first kappa shape index (κ1) is 16.0. The molecule has 124 valence electrons. The molecular weight excluding hydrogens is 290 g/mol. The number of hydrogen-bond acceptors (Lipinski definition) is 3. The molecule has 0 aliphatic carbocycles. The van der Waals surface area contributed by atoms with E-state index >= 15 is 0 Å². The standard InChI is InChI=1S/C18H25N3O2/c1-13-5-4-6-15(16(13)18(23)21-11-2-3-12-21)20-17(22)14-7-9-19-10-8-14/h4-6,14,19H,2-3,7-12H2,1H3,(H,20,22). The molecule has 23 heavy (non-hydrogen) atoms. The second-order valence-electron chi connectivity index (χ2n) is 6.51. The third kappa shape index (κ3) is 3.55. The summed E-state index contributed by atoms with van der Waals surface area (Å²) in [5, 5.41) is 6.28. The zero-order valence-corrected chi connectivity index (χ0v) is 13.7. The van der Waals surface area contributed by atoms with Gasteiger partial charge in [-0.15, -0.1) is 0 Å². The lowest BCUT2D eigenvalue weighted by atomic mass is 9.96. The van der Waals surface area contributed by atoms with Gasteiger partial charge in [-0.25, -0.2) is 0 Å². The molecule has 0 saturated carbocycles. The van der Waals surface area contributed by atoms with Crippen molar-refractivity contribution in [2.75, 3.05) is 31.5 Å². The second-order valence-corrected chi connectivity index (χ2v) is 6.51. The highest BCUT2D eigenvalue weighted by molar-refractivity contribution is 6.05. The van der Waals surface area contributed by atoms with Gasteiger partial charge in [0.05, 0.1) is 11.3 Å². The van der Waals surface area contributed by atoms with Gasteiger partial charge < -0.3 is 15.5 Å². The Bertz CT molecular complexity index is 588. The first-order chi connectivity index (χ1) is 11.2. The van der Waals surface area contributed by atoms with Gasteiger partial charge in [0.2, 0.25) is 5.91 Å². The van der Waals surface area contributed by atoms with E-state index in [1.54, 1.807) is 0 Å². The number of rotatable bonds is 3. The van der Waals surface area contributed by atoms with E-state index in [4.69, 9.17) is 0 Å². The van der Waals surface area contributed by atoms with Crippen molar-refractivity contribution in [2.24, 2.45) is 5.92 Å². The van der Waals surface area contributed by atoms with Gasteiger partial charge in [-0.2, -0.15) is 0 Å². The third-order valence-electron chi connectivity index (χ3n) is 4.85. The Morgan fingerprint density at radius 1 is 1.17 bits per heavy atom. The topological polar surface area (TPSA) is 61.4 Å². The van der Waals surface area contributed by atoms with E-state index in [1.165, 1.54) is 0 Å². The summed E-state index contributed by atoms with van der Waals surface area (Å²) in [5.41, 5.74) is 2.23. The van der Waals surface area contributed by atoms with Crippen molar-refractivity contribution in [1.29, 1.82) is 0 Å². The number of benzene rings is 1. The van der Waals surface area contributed by atoms with E-state index < -0.39 is 0 Å². The predicted octanol–water partition coefficient (Wildman–Crippen LogP) is 2.17. The fourth-order valence-corrected chi connectivity index (χ4v) is 3.45. The Labute approximate surface area is 137 Å². The average molecular weight is 315 g/mol. The van der Waals surface area contributed by atoms with E-state index in [9.17, 15) is 9.59 Å². The van der Waals surface area contributed by atoms with Gasteiger partial charge in [0.25, 0.3) is 5.91 Å². The number of piperidine rings is 1. The Hall–Kier alpha value is -1.88. The Morgan fingerprint density at radius 3 is 2.57 bits per heavy atom. The van der Waals surface area contributed by atoms with Crippen LogP contribution in [0.1, 0.15) is 41.6 Å². The van der Waals surface area contributed by atoms with Crippen LogP contribution in [-0.2, 0) is 4.79 Å². The summed E-state index contributed by atoms with van der Waals surface area (Å²) in [6, 6.07) is 5.67. The van der Waals surface area contributed by atoms with E-state index in [2.05, 4.69) is 10.6 Å². The molecule has 0 bridgehead atoms.